The number of aryl methyl sites for hydroxylation is 1. The minimum absolute atomic E-state index is 0.252. The number of anilines is 1. The fourth-order valence-corrected chi connectivity index (χ4v) is 3.33. The van der Waals surface area contributed by atoms with Gasteiger partial charge in [-0.1, -0.05) is 23.7 Å². The molecule has 0 aliphatic heterocycles. The zero-order valence-electron chi connectivity index (χ0n) is 13.2. The molecule has 0 aliphatic carbocycles. The SMILES string of the molecule is COc1ccccc1-c1nc(C(=O)Nc2ccc(Cl)cc2C)cs1. The average Bonchev–Trinajstić information content (AvgIpc) is 3.07. The molecule has 122 valence electrons. The van der Waals surface area contributed by atoms with Gasteiger partial charge in [0.25, 0.3) is 5.91 Å². The van der Waals surface area contributed by atoms with E-state index in [-0.39, 0.29) is 5.91 Å². The number of carbonyl (C=O) groups is 1. The number of thiazole rings is 1. The summed E-state index contributed by atoms with van der Waals surface area (Å²) in [5.41, 5.74) is 2.86. The number of halogens is 1. The summed E-state index contributed by atoms with van der Waals surface area (Å²) in [7, 11) is 1.61. The van der Waals surface area contributed by atoms with Gasteiger partial charge in [-0.25, -0.2) is 4.98 Å². The Hall–Kier alpha value is -2.37. The molecule has 0 saturated heterocycles. The molecule has 4 nitrogen and oxygen atoms in total. The van der Waals surface area contributed by atoms with Crippen molar-refractivity contribution < 1.29 is 9.53 Å². The second-order valence-corrected chi connectivity index (χ2v) is 6.45. The molecule has 3 rings (SSSR count). The van der Waals surface area contributed by atoms with Crippen molar-refractivity contribution in [1.82, 2.24) is 4.98 Å². The summed E-state index contributed by atoms with van der Waals surface area (Å²) < 4.78 is 5.35. The molecule has 1 N–H and O–H groups in total. The molecular weight excluding hydrogens is 344 g/mol. The first kappa shape index (κ1) is 16.5. The van der Waals surface area contributed by atoms with Crippen LogP contribution in [0.4, 0.5) is 5.69 Å². The smallest absolute Gasteiger partial charge is 0.275 e. The molecule has 3 aromatic rings. The van der Waals surface area contributed by atoms with E-state index < -0.39 is 0 Å². The molecule has 6 heteroatoms. The van der Waals surface area contributed by atoms with E-state index in [2.05, 4.69) is 10.3 Å². The summed E-state index contributed by atoms with van der Waals surface area (Å²) in [6.45, 7) is 1.89. The Morgan fingerprint density at radius 2 is 2.04 bits per heavy atom. The Kier molecular flexibility index (Phi) is 4.83. The number of aromatic nitrogens is 1. The molecule has 0 spiro atoms. The highest BCUT2D eigenvalue weighted by atomic mass is 35.5. The van der Waals surface area contributed by atoms with E-state index in [1.54, 1.807) is 30.7 Å². The van der Waals surface area contributed by atoms with Crippen LogP contribution in [-0.2, 0) is 0 Å². The summed E-state index contributed by atoms with van der Waals surface area (Å²) in [6, 6.07) is 12.9. The first-order chi connectivity index (χ1) is 11.6. The van der Waals surface area contributed by atoms with Gasteiger partial charge < -0.3 is 10.1 Å². The van der Waals surface area contributed by atoms with Crippen molar-refractivity contribution in [2.24, 2.45) is 0 Å². The number of amides is 1. The van der Waals surface area contributed by atoms with Crippen molar-refractivity contribution in [3.8, 4) is 16.3 Å². The van der Waals surface area contributed by atoms with Gasteiger partial charge in [-0.3, -0.25) is 4.79 Å². The number of carbonyl (C=O) groups excluding carboxylic acids is 1. The lowest BCUT2D eigenvalue weighted by Crippen LogP contribution is -2.13. The Labute approximate surface area is 149 Å². The highest BCUT2D eigenvalue weighted by Crippen LogP contribution is 2.32. The monoisotopic (exact) mass is 358 g/mol. The first-order valence-electron chi connectivity index (χ1n) is 7.25. The van der Waals surface area contributed by atoms with E-state index in [1.807, 2.05) is 31.2 Å². The van der Waals surface area contributed by atoms with Gasteiger partial charge in [0.1, 0.15) is 16.5 Å². The largest absolute Gasteiger partial charge is 0.496 e. The van der Waals surface area contributed by atoms with E-state index in [1.165, 1.54) is 11.3 Å². The second kappa shape index (κ2) is 7.03. The van der Waals surface area contributed by atoms with Crippen LogP contribution >= 0.6 is 22.9 Å². The number of para-hydroxylation sites is 1. The predicted molar refractivity (Wildman–Crippen MR) is 98.2 cm³/mol. The highest BCUT2D eigenvalue weighted by Gasteiger charge is 2.15. The molecule has 24 heavy (non-hydrogen) atoms. The van der Waals surface area contributed by atoms with Crippen LogP contribution in [-0.4, -0.2) is 18.0 Å². The molecule has 0 bridgehead atoms. The van der Waals surface area contributed by atoms with Crippen molar-refractivity contribution in [1.29, 1.82) is 0 Å². The minimum atomic E-state index is -0.252. The van der Waals surface area contributed by atoms with Crippen LogP contribution in [0.1, 0.15) is 16.1 Å². The van der Waals surface area contributed by atoms with E-state index in [0.29, 0.717) is 10.7 Å². The summed E-state index contributed by atoms with van der Waals surface area (Å²) in [6.07, 6.45) is 0. The fourth-order valence-electron chi connectivity index (χ4n) is 2.28. The molecule has 1 amide bonds. The summed E-state index contributed by atoms with van der Waals surface area (Å²) in [5.74, 6) is 0.477. The van der Waals surface area contributed by atoms with Crippen LogP contribution in [0.3, 0.4) is 0 Å². The molecule has 0 fully saturated rings. The molecular formula is C18H15ClN2O2S. The topological polar surface area (TPSA) is 51.2 Å². The second-order valence-electron chi connectivity index (χ2n) is 5.15. The van der Waals surface area contributed by atoms with Crippen LogP contribution in [0.2, 0.25) is 5.02 Å². The van der Waals surface area contributed by atoms with Crippen molar-refractivity contribution >= 4 is 34.5 Å². The number of nitrogens with one attached hydrogen (secondary N) is 1. The van der Waals surface area contributed by atoms with E-state index in [9.17, 15) is 4.79 Å². The highest BCUT2D eigenvalue weighted by molar-refractivity contribution is 7.13. The molecule has 2 aromatic carbocycles. The van der Waals surface area contributed by atoms with Crippen molar-refractivity contribution in [2.45, 2.75) is 6.92 Å². The molecule has 0 unspecified atom stereocenters. The Morgan fingerprint density at radius 3 is 2.79 bits per heavy atom. The van der Waals surface area contributed by atoms with Crippen LogP contribution in [0, 0.1) is 6.92 Å². The van der Waals surface area contributed by atoms with Gasteiger partial charge in [-0.05, 0) is 42.8 Å². The van der Waals surface area contributed by atoms with Crippen LogP contribution < -0.4 is 10.1 Å². The number of methoxy groups -OCH3 is 1. The van der Waals surface area contributed by atoms with Gasteiger partial charge in [-0.2, -0.15) is 0 Å². The van der Waals surface area contributed by atoms with Crippen molar-refractivity contribution in [3.63, 3.8) is 0 Å². The van der Waals surface area contributed by atoms with Gasteiger partial charge in [0.2, 0.25) is 0 Å². The normalized spacial score (nSPS) is 10.5. The van der Waals surface area contributed by atoms with E-state index >= 15 is 0 Å². The van der Waals surface area contributed by atoms with E-state index in [4.69, 9.17) is 16.3 Å². The third-order valence-corrected chi connectivity index (χ3v) is 4.62. The zero-order chi connectivity index (χ0) is 17.1. The molecule has 0 atom stereocenters. The lowest BCUT2D eigenvalue weighted by Gasteiger charge is -2.07. The lowest BCUT2D eigenvalue weighted by atomic mass is 10.2. The number of ether oxygens (including phenoxy) is 1. The maximum Gasteiger partial charge on any atom is 0.275 e. The minimum Gasteiger partial charge on any atom is -0.496 e. The lowest BCUT2D eigenvalue weighted by molar-refractivity contribution is 0.102. The third-order valence-electron chi connectivity index (χ3n) is 3.51. The van der Waals surface area contributed by atoms with Gasteiger partial charge >= 0.3 is 0 Å². The molecule has 0 aliphatic rings. The van der Waals surface area contributed by atoms with Gasteiger partial charge in [0.05, 0.1) is 12.7 Å². The number of rotatable bonds is 4. The molecule has 1 heterocycles. The standard InChI is InChI=1S/C18H15ClN2O2S/c1-11-9-12(19)7-8-14(11)20-17(22)15-10-24-18(21-15)13-5-3-4-6-16(13)23-2/h3-10H,1-2H3,(H,20,22). The fraction of sp³-hybridized carbons (Fsp3) is 0.111. The van der Waals surface area contributed by atoms with Crippen LogP contribution in [0.15, 0.2) is 47.8 Å². The van der Waals surface area contributed by atoms with Crippen LogP contribution in [0.5, 0.6) is 5.75 Å². The maximum atomic E-state index is 12.4. The number of hydrogen-bond acceptors (Lipinski definition) is 4. The van der Waals surface area contributed by atoms with Gasteiger partial charge in [0, 0.05) is 16.1 Å². The molecule has 0 radical (unpaired) electrons. The molecule has 0 saturated carbocycles. The Balaban J connectivity index is 1.83. The first-order valence-corrected chi connectivity index (χ1v) is 8.50. The Morgan fingerprint density at radius 1 is 1.25 bits per heavy atom. The average molecular weight is 359 g/mol. The molecule has 1 aromatic heterocycles. The van der Waals surface area contributed by atoms with E-state index in [0.717, 1.165) is 27.6 Å². The number of nitrogens with zero attached hydrogens (tertiary/aromatic N) is 1. The quantitative estimate of drug-likeness (QED) is 0.711. The predicted octanol–water partition coefficient (Wildman–Crippen LogP) is 5.03. The zero-order valence-corrected chi connectivity index (χ0v) is 14.7. The van der Waals surface area contributed by atoms with Crippen molar-refractivity contribution in [2.75, 3.05) is 12.4 Å². The summed E-state index contributed by atoms with van der Waals surface area (Å²) in [5, 5.41) is 5.98. The van der Waals surface area contributed by atoms with Crippen LogP contribution in [0.25, 0.3) is 10.6 Å². The summed E-state index contributed by atoms with van der Waals surface area (Å²) in [4.78, 5) is 16.9. The third kappa shape index (κ3) is 3.42. The summed E-state index contributed by atoms with van der Waals surface area (Å²) >= 11 is 7.34. The number of benzene rings is 2. The number of hydrogen-bond donors (Lipinski definition) is 1. The van der Waals surface area contributed by atoms with Gasteiger partial charge in [0.15, 0.2) is 0 Å². The maximum absolute atomic E-state index is 12.4. The van der Waals surface area contributed by atoms with Crippen molar-refractivity contribution in [3.05, 3.63) is 64.1 Å². The Bertz CT molecular complexity index is 892. The van der Waals surface area contributed by atoms with Gasteiger partial charge in [-0.15, -0.1) is 11.3 Å².